The van der Waals surface area contributed by atoms with Gasteiger partial charge in [-0.05, 0) is 0 Å². The summed E-state index contributed by atoms with van der Waals surface area (Å²) in [5.74, 6) is -0.518. The van der Waals surface area contributed by atoms with Gasteiger partial charge in [0.15, 0.2) is 0 Å². The van der Waals surface area contributed by atoms with E-state index in [0.29, 0.717) is 20.3 Å². The fraction of sp³-hybridized carbons (Fsp3) is 0.833. The second-order valence-electron chi connectivity index (χ2n) is 1.70. The molecule has 0 saturated heterocycles. The third-order valence-corrected chi connectivity index (χ3v) is 2.97. The molecule has 10 heavy (non-hydrogen) atoms. The molecule has 1 N–H and O–H groups in total. The van der Waals surface area contributed by atoms with E-state index in [0.717, 1.165) is 5.32 Å². The number of methoxy groups -OCH3 is 1. The van der Waals surface area contributed by atoms with E-state index in [4.69, 9.17) is 5.11 Å². The van der Waals surface area contributed by atoms with Crippen molar-refractivity contribution in [2.75, 3.05) is 7.11 Å². The predicted octanol–water partition coefficient (Wildman–Crippen LogP) is 0.0810. The summed E-state index contributed by atoms with van der Waals surface area (Å²) in [6.45, 7) is 2.03. The van der Waals surface area contributed by atoms with Crippen molar-refractivity contribution >= 4 is 20.9 Å². The summed E-state index contributed by atoms with van der Waals surface area (Å²) < 4.78 is 4.33. The first kappa shape index (κ1) is 9.95. The molecule has 0 bridgehead atoms. The van der Waals surface area contributed by atoms with Crippen LogP contribution in [-0.4, -0.2) is 39.2 Å². The molecular formula is C6H12O3Se. The molecule has 0 aliphatic heterocycles. The molecule has 0 aromatic rings. The van der Waals surface area contributed by atoms with Crippen molar-refractivity contribution in [3.63, 3.8) is 0 Å². The van der Waals surface area contributed by atoms with Crippen LogP contribution in [0.3, 0.4) is 0 Å². The van der Waals surface area contributed by atoms with Gasteiger partial charge in [-0.2, -0.15) is 0 Å². The third-order valence-electron chi connectivity index (χ3n) is 0.953. The van der Waals surface area contributed by atoms with Gasteiger partial charge in [-0.3, -0.25) is 0 Å². The minimum atomic E-state index is -0.898. The van der Waals surface area contributed by atoms with Crippen molar-refractivity contribution < 1.29 is 14.6 Å². The normalized spacial score (nSPS) is 12.7. The Bertz CT molecular complexity index is 105. The van der Waals surface area contributed by atoms with Gasteiger partial charge in [-0.1, -0.05) is 0 Å². The molecule has 1 atom stereocenters. The van der Waals surface area contributed by atoms with E-state index in [2.05, 4.69) is 4.74 Å². The fourth-order valence-corrected chi connectivity index (χ4v) is 1.68. The Kier molecular flexibility index (Phi) is 5.68. The van der Waals surface area contributed by atoms with E-state index in [1.54, 1.807) is 0 Å². The van der Waals surface area contributed by atoms with Crippen molar-refractivity contribution in [3.8, 4) is 0 Å². The van der Waals surface area contributed by atoms with Crippen LogP contribution in [0.1, 0.15) is 6.92 Å². The molecule has 0 amide bonds. The summed E-state index contributed by atoms with van der Waals surface area (Å²) in [5.41, 5.74) is 0. The van der Waals surface area contributed by atoms with Crippen LogP contribution in [0.15, 0.2) is 0 Å². The number of hydrogen-bond donors (Lipinski definition) is 1. The van der Waals surface area contributed by atoms with E-state index in [1.807, 2.05) is 6.92 Å². The van der Waals surface area contributed by atoms with E-state index in [1.165, 1.54) is 7.11 Å². The van der Waals surface area contributed by atoms with Crippen LogP contribution in [0.25, 0.3) is 0 Å². The monoisotopic (exact) mass is 212 g/mol. The Hall–Kier alpha value is -0.0505. The minimum absolute atomic E-state index is 0.369. The first-order chi connectivity index (χ1) is 4.72. The van der Waals surface area contributed by atoms with Crippen LogP contribution in [-0.2, 0) is 9.53 Å². The summed E-state index contributed by atoms with van der Waals surface area (Å²) in [4.78, 5) is 10.6. The van der Waals surface area contributed by atoms with Gasteiger partial charge in [0.2, 0.25) is 0 Å². The number of rotatable bonds is 4. The Balaban J connectivity index is 3.41. The van der Waals surface area contributed by atoms with Crippen molar-refractivity contribution in [1.82, 2.24) is 0 Å². The standard InChI is InChI=1S/C6H12O3Se/c1-3-10-4-5(7)6(8)9-2/h5,7H,3-4H2,1-2H3. The average molecular weight is 211 g/mol. The zero-order chi connectivity index (χ0) is 7.98. The van der Waals surface area contributed by atoms with Gasteiger partial charge in [-0.25, -0.2) is 0 Å². The number of aliphatic hydroxyl groups excluding tert-OH is 1. The number of ether oxygens (including phenoxy) is 1. The van der Waals surface area contributed by atoms with Gasteiger partial charge >= 0.3 is 66.3 Å². The van der Waals surface area contributed by atoms with Crippen molar-refractivity contribution in [2.45, 2.75) is 23.7 Å². The van der Waals surface area contributed by atoms with E-state index < -0.39 is 12.1 Å². The Morgan fingerprint density at radius 2 is 2.40 bits per heavy atom. The summed E-state index contributed by atoms with van der Waals surface area (Å²) in [7, 11) is 1.28. The van der Waals surface area contributed by atoms with Crippen molar-refractivity contribution in [2.24, 2.45) is 0 Å². The number of esters is 1. The summed E-state index contributed by atoms with van der Waals surface area (Å²) in [6, 6.07) is 0. The predicted molar refractivity (Wildman–Crippen MR) is 39.1 cm³/mol. The Morgan fingerprint density at radius 3 is 2.80 bits per heavy atom. The molecule has 0 heterocycles. The van der Waals surface area contributed by atoms with Gasteiger partial charge in [0.25, 0.3) is 0 Å². The topological polar surface area (TPSA) is 46.5 Å². The fourth-order valence-electron chi connectivity index (χ4n) is 0.434. The van der Waals surface area contributed by atoms with E-state index in [-0.39, 0.29) is 0 Å². The molecule has 0 radical (unpaired) electrons. The summed E-state index contributed by atoms with van der Waals surface area (Å²) in [5, 5.41) is 10.6. The number of hydrogen-bond acceptors (Lipinski definition) is 3. The van der Waals surface area contributed by atoms with Crippen LogP contribution in [0, 0.1) is 0 Å². The SMILES string of the molecule is CC[Se]CC(O)C(=O)OC. The van der Waals surface area contributed by atoms with Crippen molar-refractivity contribution in [1.29, 1.82) is 0 Å². The molecule has 4 heteroatoms. The number of carbonyl (C=O) groups is 1. The molecule has 60 valence electrons. The molecule has 0 spiro atoms. The third kappa shape index (κ3) is 3.88. The average Bonchev–Trinajstić information content (AvgIpc) is 1.98. The number of aliphatic hydroxyl groups is 1. The van der Waals surface area contributed by atoms with Crippen LogP contribution < -0.4 is 0 Å². The first-order valence-electron chi connectivity index (χ1n) is 3.06. The van der Waals surface area contributed by atoms with Gasteiger partial charge in [0, 0.05) is 0 Å². The maximum absolute atomic E-state index is 10.6. The van der Waals surface area contributed by atoms with E-state index >= 15 is 0 Å². The van der Waals surface area contributed by atoms with Crippen LogP contribution in [0.2, 0.25) is 10.6 Å². The van der Waals surface area contributed by atoms with Gasteiger partial charge in [0.1, 0.15) is 0 Å². The molecule has 0 saturated carbocycles. The first-order valence-corrected chi connectivity index (χ1v) is 5.48. The molecule has 0 aliphatic carbocycles. The zero-order valence-electron chi connectivity index (χ0n) is 6.16. The molecule has 0 aliphatic rings. The molecular weight excluding hydrogens is 199 g/mol. The van der Waals surface area contributed by atoms with Crippen molar-refractivity contribution in [3.05, 3.63) is 0 Å². The molecule has 0 aromatic carbocycles. The second-order valence-corrected chi connectivity index (χ2v) is 4.47. The molecule has 0 fully saturated rings. The molecule has 3 nitrogen and oxygen atoms in total. The number of carbonyl (C=O) groups excluding carboxylic acids is 1. The molecule has 1 unspecified atom stereocenters. The maximum atomic E-state index is 10.6. The van der Waals surface area contributed by atoms with E-state index in [9.17, 15) is 4.79 Å². The Labute approximate surface area is 66.9 Å². The second kappa shape index (κ2) is 5.71. The van der Waals surface area contributed by atoms with Crippen LogP contribution in [0.5, 0.6) is 0 Å². The van der Waals surface area contributed by atoms with Crippen LogP contribution >= 0.6 is 0 Å². The van der Waals surface area contributed by atoms with Gasteiger partial charge < -0.3 is 0 Å². The molecule has 0 aromatic heterocycles. The Morgan fingerprint density at radius 1 is 1.80 bits per heavy atom. The summed E-state index contributed by atoms with van der Waals surface area (Å²) >= 11 is 0.369. The van der Waals surface area contributed by atoms with Crippen LogP contribution in [0.4, 0.5) is 0 Å². The molecule has 0 rings (SSSR count). The zero-order valence-corrected chi connectivity index (χ0v) is 7.88. The summed E-state index contributed by atoms with van der Waals surface area (Å²) in [6.07, 6.45) is -0.898. The van der Waals surface area contributed by atoms with Gasteiger partial charge in [0.05, 0.1) is 0 Å². The quantitative estimate of drug-likeness (QED) is 0.529. The van der Waals surface area contributed by atoms with Gasteiger partial charge in [-0.15, -0.1) is 0 Å².